The monoisotopic (exact) mass is 192 g/mol. The van der Waals surface area contributed by atoms with Gasteiger partial charge >= 0.3 is 0 Å². The highest BCUT2D eigenvalue weighted by Gasteiger charge is 2.58. The second-order valence-electron chi connectivity index (χ2n) is 5.30. The molecule has 2 aliphatic rings. The van der Waals surface area contributed by atoms with Gasteiger partial charge in [-0.15, -0.1) is 0 Å². The molecular formula is C12H20N2. The maximum atomic E-state index is 9.45. The molecule has 0 amide bonds. The minimum Gasteiger partial charge on any atom is -0.297 e. The third-order valence-electron chi connectivity index (χ3n) is 4.15. The molecule has 0 aromatic rings. The zero-order valence-electron chi connectivity index (χ0n) is 9.27. The molecule has 1 unspecified atom stereocenters. The molecule has 1 atom stereocenters. The van der Waals surface area contributed by atoms with Gasteiger partial charge in [0.15, 0.2) is 0 Å². The molecule has 0 heterocycles. The summed E-state index contributed by atoms with van der Waals surface area (Å²) in [5.74, 6) is 0. The smallest absolute Gasteiger partial charge is 0.112 e. The molecule has 2 aliphatic carbocycles. The molecule has 2 saturated carbocycles. The molecule has 2 heteroatoms. The van der Waals surface area contributed by atoms with Gasteiger partial charge in [0.25, 0.3) is 0 Å². The van der Waals surface area contributed by atoms with Crippen molar-refractivity contribution in [3.8, 4) is 6.07 Å². The molecule has 1 spiro atoms. The Kier molecular flexibility index (Phi) is 2.31. The molecule has 2 rings (SSSR count). The summed E-state index contributed by atoms with van der Waals surface area (Å²) < 4.78 is 0. The van der Waals surface area contributed by atoms with Gasteiger partial charge in [-0.3, -0.25) is 5.32 Å². The van der Waals surface area contributed by atoms with Crippen molar-refractivity contribution in [1.29, 1.82) is 5.26 Å². The maximum absolute atomic E-state index is 9.45. The lowest BCUT2D eigenvalue weighted by molar-refractivity contribution is 0.0564. The lowest BCUT2D eigenvalue weighted by Gasteiger charge is -2.49. The largest absolute Gasteiger partial charge is 0.297 e. The number of nitrogens with zero attached hydrogens (tertiary/aromatic N) is 1. The average molecular weight is 192 g/mol. The number of nitrogens with one attached hydrogen (secondary N) is 1. The molecule has 2 nitrogen and oxygen atoms in total. The second kappa shape index (κ2) is 3.24. The van der Waals surface area contributed by atoms with Gasteiger partial charge in [0.2, 0.25) is 0 Å². The SMILES string of the molecule is CC(C)NC1(C#N)CCCC12CCC2. The Morgan fingerprint density at radius 3 is 2.14 bits per heavy atom. The molecule has 78 valence electrons. The van der Waals surface area contributed by atoms with Crippen molar-refractivity contribution in [3.05, 3.63) is 0 Å². The highest BCUT2D eigenvalue weighted by molar-refractivity contribution is 5.23. The van der Waals surface area contributed by atoms with Crippen LogP contribution in [0.15, 0.2) is 0 Å². The van der Waals surface area contributed by atoms with Crippen LogP contribution in [0.1, 0.15) is 52.4 Å². The van der Waals surface area contributed by atoms with E-state index in [4.69, 9.17) is 0 Å². The van der Waals surface area contributed by atoms with Crippen molar-refractivity contribution in [1.82, 2.24) is 5.32 Å². The number of nitriles is 1. The normalized spacial score (nSPS) is 34.4. The number of hydrogen-bond acceptors (Lipinski definition) is 2. The van der Waals surface area contributed by atoms with Gasteiger partial charge in [0.05, 0.1) is 6.07 Å². The summed E-state index contributed by atoms with van der Waals surface area (Å²) in [5.41, 5.74) is 0.144. The van der Waals surface area contributed by atoms with Crippen molar-refractivity contribution < 1.29 is 0 Å². The van der Waals surface area contributed by atoms with E-state index in [1.807, 2.05) is 0 Å². The Labute approximate surface area is 86.7 Å². The summed E-state index contributed by atoms with van der Waals surface area (Å²) in [5, 5.41) is 13.0. The fourth-order valence-corrected chi connectivity index (χ4v) is 3.38. The van der Waals surface area contributed by atoms with E-state index in [1.54, 1.807) is 0 Å². The average Bonchev–Trinajstić information content (AvgIpc) is 2.42. The van der Waals surface area contributed by atoms with Gasteiger partial charge in [0.1, 0.15) is 5.54 Å². The van der Waals surface area contributed by atoms with E-state index < -0.39 is 0 Å². The van der Waals surface area contributed by atoms with E-state index in [9.17, 15) is 5.26 Å². The lowest BCUT2D eigenvalue weighted by atomic mass is 9.59. The van der Waals surface area contributed by atoms with Crippen LogP contribution in [0.2, 0.25) is 0 Å². The fourth-order valence-electron chi connectivity index (χ4n) is 3.38. The molecule has 0 aromatic heterocycles. The molecule has 2 fully saturated rings. The zero-order chi connectivity index (χ0) is 10.2. The van der Waals surface area contributed by atoms with Crippen molar-refractivity contribution >= 4 is 0 Å². The summed E-state index contributed by atoms with van der Waals surface area (Å²) >= 11 is 0. The van der Waals surface area contributed by atoms with Crippen molar-refractivity contribution in [2.75, 3.05) is 0 Å². The zero-order valence-corrected chi connectivity index (χ0v) is 9.27. The first-order valence-electron chi connectivity index (χ1n) is 5.83. The van der Waals surface area contributed by atoms with Crippen molar-refractivity contribution in [3.63, 3.8) is 0 Å². The summed E-state index contributed by atoms with van der Waals surface area (Å²) in [6, 6.07) is 3.01. The first-order valence-corrected chi connectivity index (χ1v) is 5.83. The molecule has 14 heavy (non-hydrogen) atoms. The minimum atomic E-state index is -0.195. The Morgan fingerprint density at radius 1 is 1.14 bits per heavy atom. The second-order valence-corrected chi connectivity index (χ2v) is 5.30. The van der Waals surface area contributed by atoms with Crippen LogP contribution in [0, 0.1) is 16.7 Å². The van der Waals surface area contributed by atoms with Crippen LogP contribution < -0.4 is 5.32 Å². The molecule has 0 bridgehead atoms. The van der Waals surface area contributed by atoms with E-state index in [2.05, 4.69) is 25.2 Å². The van der Waals surface area contributed by atoms with Crippen LogP contribution in [0.25, 0.3) is 0 Å². The maximum Gasteiger partial charge on any atom is 0.112 e. The molecule has 1 N–H and O–H groups in total. The highest BCUT2D eigenvalue weighted by atomic mass is 15.0. The Bertz CT molecular complexity index is 260. The molecule has 0 saturated heterocycles. The standard InChI is InChI=1S/C12H20N2/c1-10(2)14-12(9-13)8-4-7-11(12)5-3-6-11/h10,14H,3-8H2,1-2H3. The molecular weight excluding hydrogens is 172 g/mol. The third-order valence-corrected chi connectivity index (χ3v) is 4.15. The van der Waals surface area contributed by atoms with Gasteiger partial charge in [-0.1, -0.05) is 6.42 Å². The van der Waals surface area contributed by atoms with Gasteiger partial charge in [-0.25, -0.2) is 0 Å². The van der Waals surface area contributed by atoms with E-state index in [-0.39, 0.29) is 5.54 Å². The van der Waals surface area contributed by atoms with Crippen LogP contribution in [0.4, 0.5) is 0 Å². The summed E-state index contributed by atoms with van der Waals surface area (Å²) in [6.45, 7) is 4.29. The summed E-state index contributed by atoms with van der Waals surface area (Å²) in [6.07, 6.45) is 7.40. The summed E-state index contributed by atoms with van der Waals surface area (Å²) in [4.78, 5) is 0. The van der Waals surface area contributed by atoms with Crippen LogP contribution in [0.3, 0.4) is 0 Å². The van der Waals surface area contributed by atoms with Gasteiger partial charge in [-0.2, -0.15) is 5.26 Å². The Morgan fingerprint density at radius 2 is 1.71 bits per heavy atom. The van der Waals surface area contributed by atoms with Crippen LogP contribution in [0.5, 0.6) is 0 Å². The third kappa shape index (κ3) is 1.19. The summed E-state index contributed by atoms with van der Waals surface area (Å²) in [7, 11) is 0. The van der Waals surface area contributed by atoms with E-state index in [1.165, 1.54) is 32.1 Å². The van der Waals surface area contributed by atoms with Crippen molar-refractivity contribution in [2.45, 2.75) is 64.0 Å². The van der Waals surface area contributed by atoms with E-state index >= 15 is 0 Å². The first kappa shape index (κ1) is 9.98. The predicted molar refractivity (Wildman–Crippen MR) is 56.8 cm³/mol. The van der Waals surface area contributed by atoms with Gasteiger partial charge in [0, 0.05) is 11.5 Å². The fraction of sp³-hybridized carbons (Fsp3) is 0.917. The van der Waals surface area contributed by atoms with Crippen LogP contribution in [-0.2, 0) is 0 Å². The molecule has 0 aliphatic heterocycles. The minimum absolute atomic E-state index is 0.195. The first-order chi connectivity index (χ1) is 6.64. The highest BCUT2D eigenvalue weighted by Crippen LogP contribution is 2.58. The predicted octanol–water partition coefficient (Wildman–Crippen LogP) is 2.60. The van der Waals surface area contributed by atoms with E-state index in [0.29, 0.717) is 11.5 Å². The number of hydrogen-bond donors (Lipinski definition) is 1. The van der Waals surface area contributed by atoms with E-state index in [0.717, 1.165) is 6.42 Å². The number of rotatable bonds is 2. The molecule has 0 radical (unpaired) electrons. The molecule has 0 aromatic carbocycles. The Hall–Kier alpha value is -0.550. The quantitative estimate of drug-likeness (QED) is 0.730. The van der Waals surface area contributed by atoms with Crippen molar-refractivity contribution in [2.24, 2.45) is 5.41 Å². The lowest BCUT2D eigenvalue weighted by Crippen LogP contribution is -2.59. The van der Waals surface area contributed by atoms with Crippen LogP contribution >= 0.6 is 0 Å². The van der Waals surface area contributed by atoms with Gasteiger partial charge < -0.3 is 0 Å². The van der Waals surface area contributed by atoms with Crippen LogP contribution in [-0.4, -0.2) is 11.6 Å². The topological polar surface area (TPSA) is 35.8 Å². The Balaban J connectivity index is 2.22. The van der Waals surface area contributed by atoms with Gasteiger partial charge in [-0.05, 0) is 46.0 Å².